The predicted molar refractivity (Wildman–Crippen MR) is 134 cm³/mol. The lowest BCUT2D eigenvalue weighted by Gasteiger charge is -2.25. The lowest BCUT2D eigenvalue weighted by atomic mass is 10.0. The van der Waals surface area contributed by atoms with E-state index in [-0.39, 0.29) is 11.2 Å². The Kier molecular flexibility index (Phi) is 8.20. The molecule has 7 heteroatoms. The summed E-state index contributed by atoms with van der Waals surface area (Å²) in [5.41, 5.74) is 0.793. The molecule has 0 heterocycles. The second-order valence-electron chi connectivity index (χ2n) is 7.13. The van der Waals surface area contributed by atoms with Crippen LogP contribution in [-0.2, 0) is 4.79 Å². The van der Waals surface area contributed by atoms with Gasteiger partial charge < -0.3 is 14.8 Å². The van der Waals surface area contributed by atoms with Crippen molar-refractivity contribution in [2.24, 2.45) is 0 Å². The largest absolute Gasteiger partial charge is 0.497 e. The second-order valence-corrected chi connectivity index (χ2v) is 9.19. The molecule has 3 aromatic rings. The number of nitrogens with one attached hydrogen (secondary N) is 1. The fraction of sp³-hybridized carbons (Fsp3) is 0.240. The number of hydrogen-bond donors (Lipinski definition) is 1. The summed E-state index contributed by atoms with van der Waals surface area (Å²) in [4.78, 5) is 13.2. The van der Waals surface area contributed by atoms with E-state index >= 15 is 0 Å². The Morgan fingerprint density at radius 3 is 2.50 bits per heavy atom. The van der Waals surface area contributed by atoms with E-state index in [9.17, 15) is 4.79 Å². The molecule has 0 fully saturated rings. The van der Waals surface area contributed by atoms with Crippen LogP contribution in [0.25, 0.3) is 10.8 Å². The van der Waals surface area contributed by atoms with Crippen LogP contribution in [-0.4, -0.2) is 30.6 Å². The molecule has 166 valence electrons. The van der Waals surface area contributed by atoms with E-state index in [0.29, 0.717) is 15.8 Å². The number of terminal acetylenes is 1. The normalized spacial score (nSPS) is 13.6. The predicted octanol–water partition coefficient (Wildman–Crippen LogP) is 6.14. The molecular weight excluding hydrogens is 465 g/mol. The van der Waals surface area contributed by atoms with E-state index in [0.717, 1.165) is 22.1 Å². The van der Waals surface area contributed by atoms with Gasteiger partial charge in [-0.05, 0) is 65.9 Å². The van der Waals surface area contributed by atoms with Crippen molar-refractivity contribution in [1.82, 2.24) is 5.32 Å². The molecule has 0 saturated heterocycles. The summed E-state index contributed by atoms with van der Waals surface area (Å²) in [5, 5.41) is 5.61. The van der Waals surface area contributed by atoms with Gasteiger partial charge in [0.05, 0.1) is 12.1 Å². The quantitative estimate of drug-likeness (QED) is 0.387. The van der Waals surface area contributed by atoms with E-state index in [1.807, 2.05) is 49.6 Å². The van der Waals surface area contributed by atoms with Gasteiger partial charge in [0.15, 0.2) is 6.10 Å². The summed E-state index contributed by atoms with van der Waals surface area (Å²) < 4.78 is 11.3. The first-order valence-corrected chi connectivity index (χ1v) is 11.9. The maximum absolute atomic E-state index is 13.2. The number of fused-ring (bicyclic) bond motifs is 1. The molecule has 0 bridgehead atoms. The molecule has 3 aromatic carbocycles. The van der Waals surface area contributed by atoms with Gasteiger partial charge in [0.1, 0.15) is 17.5 Å². The van der Waals surface area contributed by atoms with E-state index < -0.39 is 12.1 Å². The summed E-state index contributed by atoms with van der Waals surface area (Å²) in [5.74, 6) is 3.47. The molecule has 0 aliphatic rings. The minimum absolute atomic E-state index is 0.152. The molecule has 4 nitrogen and oxygen atoms in total. The Morgan fingerprint density at radius 2 is 1.84 bits per heavy atom. The van der Waals surface area contributed by atoms with E-state index in [4.69, 9.17) is 39.1 Å². The highest BCUT2D eigenvalue weighted by Gasteiger charge is 2.29. The maximum atomic E-state index is 13.2. The zero-order valence-electron chi connectivity index (χ0n) is 17.9. The topological polar surface area (TPSA) is 47.6 Å². The SMILES string of the molecule is C#CC(NC(=O)C(Oc1ccc(Cl)cc1Cl)C(C)SC)c1ccc2ccc(OC)cc2c1. The number of amides is 1. The first-order valence-electron chi connectivity index (χ1n) is 9.85. The summed E-state index contributed by atoms with van der Waals surface area (Å²) >= 11 is 13.7. The van der Waals surface area contributed by atoms with Gasteiger partial charge in [-0.1, -0.05) is 47.3 Å². The average molecular weight is 488 g/mol. The molecule has 32 heavy (non-hydrogen) atoms. The minimum atomic E-state index is -0.805. The Bertz CT molecular complexity index is 1160. The van der Waals surface area contributed by atoms with Crippen molar-refractivity contribution in [2.45, 2.75) is 24.3 Å². The number of methoxy groups -OCH3 is 1. The van der Waals surface area contributed by atoms with Crippen LogP contribution < -0.4 is 14.8 Å². The molecule has 1 N–H and O–H groups in total. The second kappa shape index (κ2) is 10.9. The fourth-order valence-corrected chi connectivity index (χ4v) is 4.07. The van der Waals surface area contributed by atoms with Crippen LogP contribution in [0, 0.1) is 12.3 Å². The average Bonchev–Trinajstić information content (AvgIpc) is 2.80. The molecule has 3 atom stereocenters. The molecule has 0 aromatic heterocycles. The van der Waals surface area contributed by atoms with Crippen molar-refractivity contribution in [3.63, 3.8) is 0 Å². The number of benzene rings is 3. The number of rotatable bonds is 8. The molecule has 0 spiro atoms. The highest BCUT2D eigenvalue weighted by molar-refractivity contribution is 7.99. The lowest BCUT2D eigenvalue weighted by Crippen LogP contribution is -2.45. The number of thioether (sulfide) groups is 1. The van der Waals surface area contributed by atoms with Gasteiger partial charge in [-0.25, -0.2) is 0 Å². The Balaban J connectivity index is 1.85. The highest BCUT2D eigenvalue weighted by Crippen LogP contribution is 2.30. The molecule has 1 amide bonds. The van der Waals surface area contributed by atoms with Crippen molar-refractivity contribution in [3.05, 3.63) is 70.2 Å². The number of carbonyl (C=O) groups is 1. The molecule has 3 unspecified atom stereocenters. The molecule has 0 radical (unpaired) electrons. The minimum Gasteiger partial charge on any atom is -0.497 e. The van der Waals surface area contributed by atoms with Crippen LogP contribution >= 0.6 is 35.0 Å². The standard InChI is InChI=1S/C25H23Cl2NO3S/c1-5-22(17-7-6-16-8-10-20(30-3)13-18(16)12-17)28-25(29)24(15(2)32-4)31-23-11-9-19(26)14-21(23)27/h1,6-15,22,24H,2-4H3,(H,28,29). The van der Waals surface area contributed by atoms with Gasteiger partial charge in [-0.3, -0.25) is 4.79 Å². The van der Waals surface area contributed by atoms with Crippen molar-refractivity contribution >= 4 is 51.6 Å². The van der Waals surface area contributed by atoms with Crippen LogP contribution in [0.2, 0.25) is 10.0 Å². The molecule has 0 aliphatic heterocycles. The van der Waals surface area contributed by atoms with Gasteiger partial charge in [0.25, 0.3) is 5.91 Å². The van der Waals surface area contributed by atoms with Crippen molar-refractivity contribution < 1.29 is 14.3 Å². The van der Waals surface area contributed by atoms with Crippen molar-refractivity contribution in [1.29, 1.82) is 0 Å². The van der Waals surface area contributed by atoms with Gasteiger partial charge in [-0.15, -0.1) is 6.42 Å². The molecule has 3 rings (SSSR count). The number of carbonyl (C=O) groups excluding carboxylic acids is 1. The van der Waals surface area contributed by atoms with Gasteiger partial charge in [0, 0.05) is 10.3 Å². The highest BCUT2D eigenvalue weighted by atomic mass is 35.5. The van der Waals surface area contributed by atoms with Crippen LogP contribution in [0.1, 0.15) is 18.5 Å². The summed E-state index contributed by atoms with van der Waals surface area (Å²) in [6, 6.07) is 15.9. The summed E-state index contributed by atoms with van der Waals surface area (Å²) in [6.07, 6.45) is 6.89. The van der Waals surface area contributed by atoms with Gasteiger partial charge in [-0.2, -0.15) is 11.8 Å². The van der Waals surface area contributed by atoms with Crippen LogP contribution in [0.4, 0.5) is 0 Å². The number of ether oxygens (including phenoxy) is 2. The van der Waals surface area contributed by atoms with E-state index in [1.165, 1.54) is 11.8 Å². The first-order chi connectivity index (χ1) is 15.4. The lowest BCUT2D eigenvalue weighted by molar-refractivity contribution is -0.128. The van der Waals surface area contributed by atoms with Crippen LogP contribution in [0.15, 0.2) is 54.6 Å². The third kappa shape index (κ3) is 5.63. The first kappa shape index (κ1) is 24.1. The third-order valence-corrected chi connectivity index (χ3v) is 6.58. The summed E-state index contributed by atoms with van der Waals surface area (Å²) in [6.45, 7) is 1.91. The fourth-order valence-electron chi connectivity index (χ4n) is 3.19. The molecule has 0 saturated carbocycles. The molecule has 0 aliphatic carbocycles. The van der Waals surface area contributed by atoms with E-state index in [1.54, 1.807) is 25.3 Å². The van der Waals surface area contributed by atoms with Crippen LogP contribution in [0.5, 0.6) is 11.5 Å². The molecular formula is C25H23Cl2NO3S. The number of hydrogen-bond acceptors (Lipinski definition) is 4. The summed E-state index contributed by atoms with van der Waals surface area (Å²) in [7, 11) is 1.62. The van der Waals surface area contributed by atoms with E-state index in [2.05, 4.69) is 11.2 Å². The zero-order chi connectivity index (χ0) is 23.3. The Hall–Kier alpha value is -2.52. The Labute approximate surface area is 202 Å². The maximum Gasteiger partial charge on any atom is 0.263 e. The number of halogens is 2. The zero-order valence-corrected chi connectivity index (χ0v) is 20.2. The van der Waals surface area contributed by atoms with Crippen molar-refractivity contribution in [3.8, 4) is 23.8 Å². The van der Waals surface area contributed by atoms with Crippen molar-refractivity contribution in [2.75, 3.05) is 13.4 Å². The Morgan fingerprint density at radius 1 is 1.09 bits per heavy atom. The van der Waals surface area contributed by atoms with Gasteiger partial charge >= 0.3 is 0 Å². The van der Waals surface area contributed by atoms with Crippen LogP contribution in [0.3, 0.4) is 0 Å². The van der Waals surface area contributed by atoms with Gasteiger partial charge in [0.2, 0.25) is 0 Å². The monoisotopic (exact) mass is 487 g/mol. The smallest absolute Gasteiger partial charge is 0.263 e. The third-order valence-electron chi connectivity index (χ3n) is 5.06.